The quantitative estimate of drug-likeness (QED) is 0.682. The molecule has 5 nitrogen and oxygen atoms in total. The molecule has 1 saturated carbocycles. The van der Waals surface area contributed by atoms with E-state index in [1.165, 1.54) is 6.42 Å². The zero-order valence-electron chi connectivity index (χ0n) is 10.7. The molecule has 0 aromatic carbocycles. The summed E-state index contributed by atoms with van der Waals surface area (Å²) >= 11 is 0. The highest BCUT2D eigenvalue weighted by atomic mass is 16.5. The summed E-state index contributed by atoms with van der Waals surface area (Å²) in [5, 5.41) is 22.3. The average Bonchev–Trinajstić information content (AvgIpc) is 2.78. The van der Waals surface area contributed by atoms with Crippen LogP contribution in [0.4, 0.5) is 0 Å². The summed E-state index contributed by atoms with van der Waals surface area (Å²) in [5.41, 5.74) is -0.566. The molecule has 0 amide bonds. The Morgan fingerprint density at radius 2 is 2.00 bits per heavy atom. The third-order valence-corrected chi connectivity index (χ3v) is 3.99. The van der Waals surface area contributed by atoms with Crippen LogP contribution in [0.5, 0.6) is 0 Å². The monoisotopic (exact) mass is 257 g/mol. The molecule has 0 aromatic heterocycles. The predicted molar refractivity (Wildman–Crippen MR) is 66.4 cm³/mol. The van der Waals surface area contributed by atoms with Gasteiger partial charge in [0, 0.05) is 13.1 Å². The van der Waals surface area contributed by atoms with E-state index < -0.39 is 17.7 Å². The molecule has 0 aromatic rings. The van der Waals surface area contributed by atoms with Gasteiger partial charge in [-0.3, -0.25) is 0 Å². The number of carboxylic acids is 1. The van der Waals surface area contributed by atoms with Gasteiger partial charge in [-0.2, -0.15) is 0 Å². The number of carbonyl (C=O) groups is 1. The van der Waals surface area contributed by atoms with Crippen LogP contribution in [0.2, 0.25) is 0 Å². The molecule has 1 aliphatic heterocycles. The molecule has 104 valence electrons. The summed E-state index contributed by atoms with van der Waals surface area (Å²) in [4.78, 5) is 10.7. The van der Waals surface area contributed by atoms with Crippen molar-refractivity contribution in [1.29, 1.82) is 0 Å². The van der Waals surface area contributed by atoms with Crippen LogP contribution in [-0.2, 0) is 9.53 Å². The van der Waals surface area contributed by atoms with Crippen molar-refractivity contribution in [3.63, 3.8) is 0 Å². The number of ether oxygens (including phenoxy) is 1. The van der Waals surface area contributed by atoms with E-state index in [-0.39, 0.29) is 6.10 Å². The van der Waals surface area contributed by atoms with Crippen molar-refractivity contribution in [3.8, 4) is 0 Å². The SMILES string of the molecule is O=C(O)C1CCC(CNCC2(O)CCCCC2)O1. The van der Waals surface area contributed by atoms with Crippen molar-refractivity contribution < 1.29 is 19.7 Å². The number of hydrogen-bond donors (Lipinski definition) is 3. The molecule has 0 radical (unpaired) electrons. The fourth-order valence-electron chi connectivity index (χ4n) is 2.89. The fourth-order valence-corrected chi connectivity index (χ4v) is 2.89. The van der Waals surface area contributed by atoms with Gasteiger partial charge in [0.25, 0.3) is 0 Å². The third-order valence-electron chi connectivity index (χ3n) is 3.99. The van der Waals surface area contributed by atoms with Gasteiger partial charge in [0.15, 0.2) is 6.10 Å². The van der Waals surface area contributed by atoms with Crippen LogP contribution < -0.4 is 5.32 Å². The zero-order valence-corrected chi connectivity index (χ0v) is 10.7. The summed E-state index contributed by atoms with van der Waals surface area (Å²) in [7, 11) is 0. The molecule has 2 rings (SSSR count). The standard InChI is InChI=1S/C13H23NO4/c15-12(16)11-5-4-10(18-11)8-14-9-13(17)6-2-1-3-7-13/h10-11,14,17H,1-9H2,(H,15,16). The lowest BCUT2D eigenvalue weighted by Crippen LogP contribution is -2.44. The number of hydrogen-bond acceptors (Lipinski definition) is 4. The first-order valence-electron chi connectivity index (χ1n) is 6.90. The van der Waals surface area contributed by atoms with Crippen LogP contribution in [0.1, 0.15) is 44.9 Å². The summed E-state index contributed by atoms with van der Waals surface area (Å²) in [6, 6.07) is 0. The maximum Gasteiger partial charge on any atom is 0.332 e. The van der Waals surface area contributed by atoms with Gasteiger partial charge in [-0.1, -0.05) is 19.3 Å². The minimum absolute atomic E-state index is 0.0294. The molecule has 1 saturated heterocycles. The first-order chi connectivity index (χ1) is 8.59. The lowest BCUT2D eigenvalue weighted by Gasteiger charge is -2.32. The highest BCUT2D eigenvalue weighted by Crippen LogP contribution is 2.27. The van der Waals surface area contributed by atoms with Crippen molar-refractivity contribution in [3.05, 3.63) is 0 Å². The molecular formula is C13H23NO4. The van der Waals surface area contributed by atoms with Crippen molar-refractivity contribution in [2.24, 2.45) is 0 Å². The van der Waals surface area contributed by atoms with E-state index in [4.69, 9.17) is 9.84 Å². The number of rotatable bonds is 5. The minimum Gasteiger partial charge on any atom is -0.479 e. The van der Waals surface area contributed by atoms with E-state index in [2.05, 4.69) is 5.32 Å². The lowest BCUT2D eigenvalue weighted by atomic mass is 9.85. The van der Waals surface area contributed by atoms with Crippen LogP contribution in [0.15, 0.2) is 0 Å². The van der Waals surface area contributed by atoms with Gasteiger partial charge in [-0.25, -0.2) is 4.79 Å². The molecule has 1 heterocycles. The number of carboxylic acid groups (broad SMARTS) is 1. The molecule has 5 heteroatoms. The minimum atomic E-state index is -0.872. The Labute approximate surface area is 108 Å². The van der Waals surface area contributed by atoms with Crippen LogP contribution >= 0.6 is 0 Å². The zero-order chi connectivity index (χ0) is 13.0. The Kier molecular flexibility index (Phi) is 4.59. The van der Waals surface area contributed by atoms with E-state index in [0.29, 0.717) is 19.5 Å². The molecular weight excluding hydrogens is 234 g/mol. The van der Waals surface area contributed by atoms with E-state index in [9.17, 15) is 9.90 Å². The van der Waals surface area contributed by atoms with E-state index in [0.717, 1.165) is 32.1 Å². The Morgan fingerprint density at radius 3 is 2.61 bits per heavy atom. The van der Waals surface area contributed by atoms with E-state index in [1.54, 1.807) is 0 Å². The Morgan fingerprint density at radius 1 is 1.28 bits per heavy atom. The first-order valence-corrected chi connectivity index (χ1v) is 6.90. The number of aliphatic carboxylic acids is 1. The second-order valence-electron chi connectivity index (χ2n) is 5.58. The Hall–Kier alpha value is -0.650. The van der Waals surface area contributed by atoms with Crippen molar-refractivity contribution in [1.82, 2.24) is 5.32 Å². The number of aliphatic hydroxyl groups is 1. The van der Waals surface area contributed by atoms with Gasteiger partial charge in [-0.05, 0) is 25.7 Å². The topological polar surface area (TPSA) is 78.8 Å². The van der Waals surface area contributed by atoms with Crippen LogP contribution in [-0.4, -0.2) is 47.1 Å². The number of nitrogens with one attached hydrogen (secondary N) is 1. The van der Waals surface area contributed by atoms with Gasteiger partial charge in [0.05, 0.1) is 11.7 Å². The summed E-state index contributed by atoms with van der Waals surface area (Å²) in [6.07, 6.45) is 5.83. The van der Waals surface area contributed by atoms with Crippen molar-refractivity contribution >= 4 is 5.97 Å². The molecule has 0 spiro atoms. The highest BCUT2D eigenvalue weighted by Gasteiger charge is 2.32. The lowest BCUT2D eigenvalue weighted by molar-refractivity contribution is -0.149. The van der Waals surface area contributed by atoms with Gasteiger partial charge in [-0.15, -0.1) is 0 Å². The molecule has 18 heavy (non-hydrogen) atoms. The fraction of sp³-hybridized carbons (Fsp3) is 0.923. The van der Waals surface area contributed by atoms with E-state index >= 15 is 0 Å². The Balaban J connectivity index is 1.65. The second kappa shape index (κ2) is 5.99. The summed E-state index contributed by atoms with van der Waals surface area (Å²) < 4.78 is 5.40. The largest absolute Gasteiger partial charge is 0.479 e. The molecule has 3 N–H and O–H groups in total. The van der Waals surface area contributed by atoms with Crippen LogP contribution in [0.25, 0.3) is 0 Å². The average molecular weight is 257 g/mol. The van der Waals surface area contributed by atoms with Crippen LogP contribution in [0, 0.1) is 0 Å². The maximum absolute atomic E-state index is 10.7. The molecule has 2 atom stereocenters. The van der Waals surface area contributed by atoms with Gasteiger partial charge in [0.1, 0.15) is 0 Å². The highest BCUT2D eigenvalue weighted by molar-refractivity contribution is 5.72. The smallest absolute Gasteiger partial charge is 0.332 e. The van der Waals surface area contributed by atoms with Crippen molar-refractivity contribution in [2.45, 2.75) is 62.8 Å². The van der Waals surface area contributed by atoms with E-state index in [1.807, 2.05) is 0 Å². The molecule has 0 bridgehead atoms. The van der Waals surface area contributed by atoms with Gasteiger partial charge >= 0.3 is 5.97 Å². The van der Waals surface area contributed by atoms with Crippen molar-refractivity contribution in [2.75, 3.05) is 13.1 Å². The third kappa shape index (κ3) is 3.67. The molecule has 2 aliphatic rings. The second-order valence-corrected chi connectivity index (χ2v) is 5.58. The molecule has 1 aliphatic carbocycles. The van der Waals surface area contributed by atoms with Crippen LogP contribution in [0.3, 0.4) is 0 Å². The van der Waals surface area contributed by atoms with Gasteiger partial charge in [0.2, 0.25) is 0 Å². The predicted octanol–water partition coefficient (Wildman–Crippen LogP) is 0.903. The van der Waals surface area contributed by atoms with Gasteiger partial charge < -0.3 is 20.3 Å². The summed E-state index contributed by atoms with van der Waals surface area (Å²) in [6.45, 7) is 1.22. The summed E-state index contributed by atoms with van der Waals surface area (Å²) in [5.74, 6) is -0.872. The normalized spacial score (nSPS) is 31.4. The Bertz CT molecular complexity index is 289. The maximum atomic E-state index is 10.7. The first kappa shape index (κ1) is 13.8. The molecule has 2 fully saturated rings. The molecule has 2 unspecified atom stereocenters.